The van der Waals surface area contributed by atoms with Crippen molar-refractivity contribution in [3.8, 4) is 0 Å². The molecule has 2 aromatic heterocycles. The van der Waals surface area contributed by atoms with Gasteiger partial charge in [-0.1, -0.05) is 13.0 Å². The third kappa shape index (κ3) is 3.53. The van der Waals surface area contributed by atoms with Gasteiger partial charge in [0.2, 0.25) is 0 Å². The van der Waals surface area contributed by atoms with Crippen LogP contribution in [0.5, 0.6) is 0 Å². The van der Waals surface area contributed by atoms with Gasteiger partial charge in [0.1, 0.15) is 0 Å². The highest BCUT2D eigenvalue weighted by Gasteiger charge is 2.21. The van der Waals surface area contributed by atoms with Crippen molar-refractivity contribution in [1.29, 1.82) is 0 Å². The van der Waals surface area contributed by atoms with Gasteiger partial charge in [0.05, 0.1) is 0 Å². The molecule has 1 unspecified atom stereocenters. The van der Waals surface area contributed by atoms with Gasteiger partial charge in [-0.15, -0.1) is 0 Å². The Hall–Kier alpha value is -1.61. The van der Waals surface area contributed by atoms with E-state index in [0.717, 1.165) is 19.5 Å². The molecule has 21 heavy (non-hydrogen) atoms. The van der Waals surface area contributed by atoms with Crippen molar-refractivity contribution in [3.05, 3.63) is 53.6 Å². The molecular weight excluding hydrogens is 258 g/mol. The van der Waals surface area contributed by atoms with Crippen LogP contribution in [0.4, 0.5) is 0 Å². The second-order valence-electron chi connectivity index (χ2n) is 5.99. The number of nitrogens with zero attached hydrogens (tertiary/aromatic N) is 2. The van der Waals surface area contributed by atoms with Crippen molar-refractivity contribution in [2.75, 3.05) is 6.54 Å². The fourth-order valence-electron chi connectivity index (χ4n) is 3.21. The smallest absolute Gasteiger partial charge is 0.0338 e. The summed E-state index contributed by atoms with van der Waals surface area (Å²) in [6.07, 6.45) is 14.6. The highest BCUT2D eigenvalue weighted by atomic mass is 15.0. The Morgan fingerprint density at radius 1 is 1.38 bits per heavy atom. The second-order valence-corrected chi connectivity index (χ2v) is 5.99. The van der Waals surface area contributed by atoms with Crippen molar-refractivity contribution < 1.29 is 0 Å². The van der Waals surface area contributed by atoms with E-state index in [1.807, 2.05) is 18.5 Å². The number of aromatic nitrogens is 2. The molecular formula is C18H25N3. The monoisotopic (exact) mass is 283 g/mol. The predicted octanol–water partition coefficient (Wildman–Crippen LogP) is 3.50. The molecule has 2 heterocycles. The summed E-state index contributed by atoms with van der Waals surface area (Å²) in [6, 6.07) is 4.73. The van der Waals surface area contributed by atoms with Crippen LogP contribution in [0, 0.1) is 0 Å². The predicted molar refractivity (Wildman–Crippen MR) is 86.3 cm³/mol. The molecule has 0 radical (unpaired) electrons. The number of aryl methyl sites for hydroxylation is 3. The first-order chi connectivity index (χ1) is 10.4. The third-order valence-electron chi connectivity index (χ3n) is 4.33. The van der Waals surface area contributed by atoms with Gasteiger partial charge in [-0.25, -0.2) is 0 Å². The van der Waals surface area contributed by atoms with E-state index in [4.69, 9.17) is 0 Å². The fraction of sp³-hybridized carbons (Fsp3) is 0.500. The van der Waals surface area contributed by atoms with Crippen molar-refractivity contribution >= 4 is 0 Å². The summed E-state index contributed by atoms with van der Waals surface area (Å²) in [6.45, 7) is 4.39. The van der Waals surface area contributed by atoms with Gasteiger partial charge in [-0.2, -0.15) is 0 Å². The number of fused-ring (bicyclic) bond motifs is 1. The SMILES string of the molecule is CCCNC1CCCc2cn(CCc3cccnc3)cc21. The Bertz CT molecular complexity index is 559. The maximum absolute atomic E-state index is 4.19. The summed E-state index contributed by atoms with van der Waals surface area (Å²) in [5.41, 5.74) is 4.38. The Kier molecular flexibility index (Phi) is 4.71. The summed E-state index contributed by atoms with van der Waals surface area (Å²) < 4.78 is 2.36. The molecule has 0 amide bonds. The van der Waals surface area contributed by atoms with Gasteiger partial charge >= 0.3 is 0 Å². The van der Waals surface area contributed by atoms with Gasteiger partial charge in [-0.05, 0) is 61.4 Å². The molecule has 1 aliphatic carbocycles. The van der Waals surface area contributed by atoms with Crippen LogP contribution in [-0.2, 0) is 19.4 Å². The number of hydrogen-bond donors (Lipinski definition) is 1. The first-order valence-electron chi connectivity index (χ1n) is 8.17. The van der Waals surface area contributed by atoms with Gasteiger partial charge < -0.3 is 9.88 Å². The molecule has 0 fully saturated rings. The van der Waals surface area contributed by atoms with Crippen LogP contribution in [0.25, 0.3) is 0 Å². The minimum Gasteiger partial charge on any atom is -0.353 e. The largest absolute Gasteiger partial charge is 0.353 e. The average molecular weight is 283 g/mol. The summed E-state index contributed by atoms with van der Waals surface area (Å²) >= 11 is 0. The van der Waals surface area contributed by atoms with Crippen LogP contribution < -0.4 is 5.32 Å². The third-order valence-corrected chi connectivity index (χ3v) is 4.33. The van der Waals surface area contributed by atoms with Gasteiger partial charge in [0, 0.05) is 37.4 Å². The molecule has 0 bridgehead atoms. The first-order valence-corrected chi connectivity index (χ1v) is 8.17. The van der Waals surface area contributed by atoms with Crippen molar-refractivity contribution in [3.63, 3.8) is 0 Å². The lowest BCUT2D eigenvalue weighted by atomic mass is 9.91. The normalized spacial score (nSPS) is 17.7. The Morgan fingerprint density at radius 3 is 3.14 bits per heavy atom. The minimum atomic E-state index is 0.563. The van der Waals surface area contributed by atoms with Gasteiger partial charge in [0.25, 0.3) is 0 Å². The molecule has 0 saturated carbocycles. The minimum absolute atomic E-state index is 0.563. The summed E-state index contributed by atoms with van der Waals surface area (Å²) in [7, 11) is 0. The Morgan fingerprint density at radius 2 is 2.33 bits per heavy atom. The zero-order valence-corrected chi connectivity index (χ0v) is 12.9. The van der Waals surface area contributed by atoms with Crippen LogP contribution in [0.15, 0.2) is 36.9 Å². The van der Waals surface area contributed by atoms with Crippen LogP contribution in [0.2, 0.25) is 0 Å². The van der Waals surface area contributed by atoms with Crippen LogP contribution in [-0.4, -0.2) is 16.1 Å². The van der Waals surface area contributed by atoms with E-state index in [9.17, 15) is 0 Å². The van der Waals surface area contributed by atoms with Crippen LogP contribution in [0.1, 0.15) is 48.9 Å². The molecule has 0 aliphatic heterocycles. The lowest BCUT2D eigenvalue weighted by Crippen LogP contribution is -2.24. The fourth-order valence-corrected chi connectivity index (χ4v) is 3.21. The molecule has 112 valence electrons. The number of nitrogens with one attached hydrogen (secondary N) is 1. The molecule has 0 spiro atoms. The highest BCUT2D eigenvalue weighted by molar-refractivity contribution is 5.30. The molecule has 1 atom stereocenters. The molecule has 1 N–H and O–H groups in total. The zero-order chi connectivity index (χ0) is 14.5. The summed E-state index contributed by atoms with van der Waals surface area (Å²) in [4.78, 5) is 4.19. The van der Waals surface area contributed by atoms with Gasteiger partial charge in [0.15, 0.2) is 0 Å². The lowest BCUT2D eigenvalue weighted by Gasteiger charge is -2.23. The maximum atomic E-state index is 4.19. The van der Waals surface area contributed by atoms with Gasteiger partial charge in [-0.3, -0.25) is 4.98 Å². The molecule has 3 heteroatoms. The topological polar surface area (TPSA) is 29.9 Å². The Labute approximate surface area is 127 Å². The van der Waals surface area contributed by atoms with E-state index in [1.165, 1.54) is 36.8 Å². The van der Waals surface area contributed by atoms with E-state index in [1.54, 1.807) is 5.56 Å². The van der Waals surface area contributed by atoms with E-state index >= 15 is 0 Å². The number of pyridine rings is 1. The summed E-state index contributed by atoms with van der Waals surface area (Å²) in [5.74, 6) is 0. The van der Waals surface area contributed by atoms with Crippen molar-refractivity contribution in [2.24, 2.45) is 0 Å². The standard InChI is InChI=1S/C18H25N3/c1-2-9-20-18-7-3-6-16-13-21(14-17(16)18)11-8-15-5-4-10-19-12-15/h4-5,10,12-14,18,20H,2-3,6-9,11H2,1H3. The van der Waals surface area contributed by atoms with E-state index in [0.29, 0.717) is 6.04 Å². The highest BCUT2D eigenvalue weighted by Crippen LogP contribution is 2.30. The molecule has 3 nitrogen and oxygen atoms in total. The molecule has 2 aromatic rings. The molecule has 1 aliphatic rings. The van der Waals surface area contributed by atoms with Crippen LogP contribution in [0.3, 0.4) is 0 Å². The Balaban J connectivity index is 1.66. The first kappa shape index (κ1) is 14.3. The van der Waals surface area contributed by atoms with E-state index in [-0.39, 0.29) is 0 Å². The second kappa shape index (κ2) is 6.90. The van der Waals surface area contributed by atoms with Crippen molar-refractivity contribution in [1.82, 2.24) is 14.9 Å². The van der Waals surface area contributed by atoms with Crippen LogP contribution >= 0.6 is 0 Å². The van der Waals surface area contributed by atoms with Crippen molar-refractivity contribution in [2.45, 2.75) is 51.6 Å². The average Bonchev–Trinajstić information content (AvgIpc) is 2.95. The maximum Gasteiger partial charge on any atom is 0.0338 e. The number of rotatable bonds is 6. The lowest BCUT2D eigenvalue weighted by molar-refractivity contribution is 0.462. The van der Waals surface area contributed by atoms with E-state index in [2.05, 4.69) is 40.3 Å². The zero-order valence-electron chi connectivity index (χ0n) is 12.9. The molecule has 0 aromatic carbocycles. The quantitative estimate of drug-likeness (QED) is 0.879. The number of hydrogen-bond acceptors (Lipinski definition) is 2. The van der Waals surface area contributed by atoms with E-state index < -0.39 is 0 Å². The molecule has 3 rings (SSSR count). The summed E-state index contributed by atoms with van der Waals surface area (Å²) in [5, 5.41) is 3.69. The molecule has 0 saturated heterocycles.